The first-order valence-corrected chi connectivity index (χ1v) is 7.81. The summed E-state index contributed by atoms with van der Waals surface area (Å²) in [6.07, 6.45) is 5.23. The van der Waals surface area contributed by atoms with Gasteiger partial charge in [-0.3, -0.25) is 0 Å². The Kier molecular flexibility index (Phi) is 4.91. The predicted octanol–water partition coefficient (Wildman–Crippen LogP) is 2.79. The summed E-state index contributed by atoms with van der Waals surface area (Å²) in [5, 5.41) is 0. The number of sulfonamides is 1. The summed E-state index contributed by atoms with van der Waals surface area (Å²) in [7, 11) is -3.86. The summed E-state index contributed by atoms with van der Waals surface area (Å²) in [4.78, 5) is -0.0498. The van der Waals surface area contributed by atoms with Crippen LogP contribution in [0, 0.1) is 24.0 Å². The Morgan fingerprint density at radius 1 is 0.955 bits per heavy atom. The van der Waals surface area contributed by atoms with Crippen LogP contribution in [0.5, 0.6) is 0 Å². The molecule has 0 N–H and O–H groups in total. The predicted molar refractivity (Wildman–Crippen MR) is 79.2 cm³/mol. The van der Waals surface area contributed by atoms with Crippen LogP contribution in [-0.4, -0.2) is 19.3 Å². The van der Waals surface area contributed by atoms with E-state index in [1.165, 1.54) is 36.4 Å². The average Bonchev–Trinajstić information content (AvgIpc) is 2.49. The lowest BCUT2D eigenvalue weighted by atomic mass is 10.2. The minimum atomic E-state index is -3.86. The van der Waals surface area contributed by atoms with E-state index in [0.717, 1.165) is 16.4 Å². The van der Waals surface area contributed by atoms with Gasteiger partial charge in [0.15, 0.2) is 0 Å². The van der Waals surface area contributed by atoms with Gasteiger partial charge in [0, 0.05) is 6.54 Å². The number of terminal acetylenes is 1. The fourth-order valence-corrected chi connectivity index (χ4v) is 3.22. The lowest BCUT2D eigenvalue weighted by Crippen LogP contribution is -2.31. The summed E-state index contributed by atoms with van der Waals surface area (Å²) >= 11 is 0. The van der Waals surface area contributed by atoms with Crippen molar-refractivity contribution in [1.29, 1.82) is 0 Å². The molecule has 2 rings (SSSR count). The number of hydrogen-bond donors (Lipinski definition) is 0. The Balaban J connectivity index is 2.32. The molecule has 0 saturated heterocycles. The van der Waals surface area contributed by atoms with Gasteiger partial charge in [-0.15, -0.1) is 6.42 Å². The van der Waals surface area contributed by atoms with Crippen LogP contribution in [-0.2, 0) is 16.6 Å². The molecule has 0 aliphatic rings. The lowest BCUT2D eigenvalue weighted by molar-refractivity contribution is 0.442. The van der Waals surface area contributed by atoms with E-state index in [1.54, 1.807) is 0 Å². The normalized spacial score (nSPS) is 11.4. The standard InChI is InChI=1S/C16H13F2NO2S/c1-2-11-19(12-13-3-5-14(17)6-4-13)22(20,21)16-9-7-15(18)8-10-16/h1,3-10H,11-12H2. The Morgan fingerprint density at radius 3 is 1.95 bits per heavy atom. The van der Waals surface area contributed by atoms with Gasteiger partial charge in [0.1, 0.15) is 11.6 Å². The van der Waals surface area contributed by atoms with Crippen LogP contribution in [0.25, 0.3) is 0 Å². The third-order valence-electron chi connectivity index (χ3n) is 2.99. The smallest absolute Gasteiger partial charge is 0.207 e. The van der Waals surface area contributed by atoms with E-state index in [9.17, 15) is 17.2 Å². The summed E-state index contributed by atoms with van der Waals surface area (Å²) in [5.74, 6) is 1.35. The van der Waals surface area contributed by atoms with Crippen molar-refractivity contribution in [2.45, 2.75) is 11.4 Å². The molecule has 0 saturated carbocycles. The fraction of sp³-hybridized carbons (Fsp3) is 0.125. The van der Waals surface area contributed by atoms with Gasteiger partial charge in [-0.2, -0.15) is 4.31 Å². The quantitative estimate of drug-likeness (QED) is 0.794. The van der Waals surface area contributed by atoms with E-state index in [0.29, 0.717) is 5.56 Å². The number of nitrogens with zero attached hydrogens (tertiary/aromatic N) is 1. The van der Waals surface area contributed by atoms with Gasteiger partial charge in [-0.05, 0) is 42.0 Å². The minimum Gasteiger partial charge on any atom is -0.207 e. The highest BCUT2D eigenvalue weighted by Crippen LogP contribution is 2.18. The van der Waals surface area contributed by atoms with Crippen LogP contribution in [0.4, 0.5) is 8.78 Å². The van der Waals surface area contributed by atoms with E-state index in [2.05, 4.69) is 5.92 Å². The molecule has 0 aliphatic heterocycles. The SMILES string of the molecule is C#CCN(Cc1ccc(F)cc1)S(=O)(=O)c1ccc(F)cc1. The van der Waals surface area contributed by atoms with E-state index >= 15 is 0 Å². The van der Waals surface area contributed by atoms with Gasteiger partial charge in [-0.25, -0.2) is 17.2 Å². The van der Waals surface area contributed by atoms with Crippen molar-refractivity contribution >= 4 is 10.0 Å². The van der Waals surface area contributed by atoms with E-state index < -0.39 is 21.7 Å². The first kappa shape index (κ1) is 16.1. The topological polar surface area (TPSA) is 37.4 Å². The van der Waals surface area contributed by atoms with Crippen LogP contribution in [0.3, 0.4) is 0 Å². The molecule has 114 valence electrons. The zero-order chi connectivity index (χ0) is 16.2. The molecule has 0 bridgehead atoms. The second-order valence-electron chi connectivity index (χ2n) is 4.56. The minimum absolute atomic E-state index is 0.00416. The Morgan fingerprint density at radius 2 is 1.45 bits per heavy atom. The first-order valence-electron chi connectivity index (χ1n) is 6.37. The molecule has 3 nitrogen and oxygen atoms in total. The second kappa shape index (κ2) is 6.69. The van der Waals surface area contributed by atoms with Crippen molar-refractivity contribution in [3.8, 4) is 12.3 Å². The largest absolute Gasteiger partial charge is 0.244 e. The first-order chi connectivity index (χ1) is 10.4. The molecule has 22 heavy (non-hydrogen) atoms. The van der Waals surface area contributed by atoms with E-state index in [4.69, 9.17) is 6.42 Å². The average molecular weight is 321 g/mol. The van der Waals surface area contributed by atoms with Crippen LogP contribution in [0.1, 0.15) is 5.56 Å². The monoisotopic (exact) mass is 321 g/mol. The molecule has 0 radical (unpaired) electrons. The lowest BCUT2D eigenvalue weighted by Gasteiger charge is -2.20. The summed E-state index contributed by atoms with van der Waals surface area (Å²) in [5.41, 5.74) is 0.599. The van der Waals surface area contributed by atoms with Crippen molar-refractivity contribution in [2.24, 2.45) is 0 Å². The second-order valence-corrected chi connectivity index (χ2v) is 6.50. The Labute approximate surface area is 128 Å². The van der Waals surface area contributed by atoms with Gasteiger partial charge in [0.25, 0.3) is 0 Å². The maximum Gasteiger partial charge on any atom is 0.244 e. The van der Waals surface area contributed by atoms with Gasteiger partial charge >= 0.3 is 0 Å². The van der Waals surface area contributed by atoms with Crippen molar-refractivity contribution in [3.05, 3.63) is 65.7 Å². The molecule has 2 aromatic rings. The van der Waals surface area contributed by atoms with Crippen LogP contribution < -0.4 is 0 Å². The van der Waals surface area contributed by atoms with Gasteiger partial charge < -0.3 is 0 Å². The molecule has 0 atom stereocenters. The number of hydrogen-bond acceptors (Lipinski definition) is 2. The molecule has 6 heteroatoms. The zero-order valence-electron chi connectivity index (χ0n) is 11.5. The number of benzene rings is 2. The van der Waals surface area contributed by atoms with Gasteiger partial charge in [0.05, 0.1) is 11.4 Å². The third-order valence-corrected chi connectivity index (χ3v) is 4.80. The third kappa shape index (κ3) is 3.70. The van der Waals surface area contributed by atoms with E-state index in [1.807, 2.05) is 0 Å². The van der Waals surface area contributed by atoms with Gasteiger partial charge in [0.2, 0.25) is 10.0 Å². The van der Waals surface area contributed by atoms with Gasteiger partial charge in [-0.1, -0.05) is 18.1 Å². The van der Waals surface area contributed by atoms with E-state index in [-0.39, 0.29) is 18.0 Å². The number of rotatable bonds is 5. The molecule has 0 aliphatic carbocycles. The zero-order valence-corrected chi connectivity index (χ0v) is 12.4. The maximum atomic E-state index is 12.9. The maximum absolute atomic E-state index is 12.9. The highest BCUT2D eigenvalue weighted by atomic mass is 32.2. The van der Waals surface area contributed by atoms with Crippen LogP contribution in [0.2, 0.25) is 0 Å². The summed E-state index contributed by atoms with van der Waals surface area (Å²) in [6.45, 7) is -0.138. The van der Waals surface area contributed by atoms with Crippen molar-refractivity contribution in [2.75, 3.05) is 6.54 Å². The van der Waals surface area contributed by atoms with Crippen molar-refractivity contribution in [3.63, 3.8) is 0 Å². The number of halogens is 2. The van der Waals surface area contributed by atoms with Crippen molar-refractivity contribution < 1.29 is 17.2 Å². The highest BCUT2D eigenvalue weighted by Gasteiger charge is 2.24. The molecule has 0 aromatic heterocycles. The molecule has 0 fully saturated rings. The fourth-order valence-electron chi connectivity index (χ4n) is 1.88. The summed E-state index contributed by atoms with van der Waals surface area (Å²) in [6, 6.07) is 9.95. The van der Waals surface area contributed by atoms with Crippen molar-refractivity contribution in [1.82, 2.24) is 4.31 Å². The molecular weight excluding hydrogens is 308 g/mol. The molecule has 0 heterocycles. The van der Waals surface area contributed by atoms with Crippen LogP contribution in [0.15, 0.2) is 53.4 Å². The highest BCUT2D eigenvalue weighted by molar-refractivity contribution is 7.89. The summed E-state index contributed by atoms with van der Waals surface area (Å²) < 4.78 is 52.0. The molecular formula is C16H13F2NO2S. The Bertz CT molecular complexity index is 778. The molecule has 2 aromatic carbocycles. The molecule has 0 spiro atoms. The Hall–Kier alpha value is -2.23. The molecule has 0 unspecified atom stereocenters. The van der Waals surface area contributed by atoms with Crippen LogP contribution >= 0.6 is 0 Å². The molecule has 0 amide bonds.